The highest BCUT2D eigenvalue weighted by molar-refractivity contribution is 5.93. The van der Waals surface area contributed by atoms with Gasteiger partial charge in [0.25, 0.3) is 0 Å². The smallest absolute Gasteiger partial charge is 0.364 e. The van der Waals surface area contributed by atoms with E-state index in [-0.39, 0.29) is 17.9 Å². The molecule has 29 heavy (non-hydrogen) atoms. The maximum atomic E-state index is 13.1. The largest absolute Gasteiger partial charge is 0.449 e. The number of carbonyl (C=O) groups is 1. The zero-order valence-electron chi connectivity index (χ0n) is 17.4. The molecule has 0 bridgehead atoms. The minimum Gasteiger partial charge on any atom is -0.364 e. The van der Waals surface area contributed by atoms with E-state index >= 15 is 0 Å². The van der Waals surface area contributed by atoms with Gasteiger partial charge in [0, 0.05) is 30.9 Å². The number of alkyl halides is 3. The number of nitrogens with zero attached hydrogens (tertiary/aromatic N) is 3. The van der Waals surface area contributed by atoms with Crippen LogP contribution in [0.4, 0.5) is 24.5 Å². The summed E-state index contributed by atoms with van der Waals surface area (Å²) in [5.74, 6) is -0.866. The maximum absolute atomic E-state index is 13.1. The van der Waals surface area contributed by atoms with Crippen molar-refractivity contribution >= 4 is 17.3 Å². The lowest BCUT2D eigenvalue weighted by Crippen LogP contribution is -2.35. The second-order valence-electron chi connectivity index (χ2n) is 8.88. The number of carbonyl (C=O) groups excluding carboxylic acids is 1. The first-order chi connectivity index (χ1) is 13.3. The molecule has 0 saturated carbocycles. The van der Waals surface area contributed by atoms with Crippen LogP contribution in [0.5, 0.6) is 0 Å². The fourth-order valence-electron chi connectivity index (χ4n) is 3.71. The molecule has 8 heteroatoms. The SMILES string of the molecule is Cc1cc(N2CCn3c(cnc3C(F)(F)F)C2)cc(C)c1NC(=O)CC(C)(C)C. The van der Waals surface area contributed by atoms with Gasteiger partial charge in [0.2, 0.25) is 11.7 Å². The first-order valence-electron chi connectivity index (χ1n) is 9.63. The topological polar surface area (TPSA) is 50.2 Å². The van der Waals surface area contributed by atoms with E-state index < -0.39 is 12.0 Å². The molecule has 0 spiro atoms. The Labute approximate surface area is 168 Å². The van der Waals surface area contributed by atoms with Crippen LogP contribution in [0.25, 0.3) is 0 Å². The summed E-state index contributed by atoms with van der Waals surface area (Å²) in [5.41, 5.74) is 4.02. The summed E-state index contributed by atoms with van der Waals surface area (Å²) in [5, 5.41) is 3.00. The van der Waals surface area contributed by atoms with Crippen molar-refractivity contribution in [2.45, 2.75) is 60.3 Å². The second-order valence-corrected chi connectivity index (χ2v) is 8.88. The van der Waals surface area contributed by atoms with Gasteiger partial charge in [-0.15, -0.1) is 0 Å². The van der Waals surface area contributed by atoms with E-state index in [0.29, 0.717) is 25.2 Å². The molecule has 158 valence electrons. The number of halogens is 3. The molecule has 2 aromatic rings. The van der Waals surface area contributed by atoms with Gasteiger partial charge in [0.1, 0.15) is 0 Å². The molecular weight excluding hydrogens is 381 g/mol. The third kappa shape index (κ3) is 4.74. The summed E-state index contributed by atoms with van der Waals surface area (Å²) in [4.78, 5) is 17.9. The maximum Gasteiger partial charge on any atom is 0.449 e. The first-order valence-corrected chi connectivity index (χ1v) is 9.63. The molecule has 2 heterocycles. The van der Waals surface area contributed by atoms with Crippen molar-refractivity contribution in [3.63, 3.8) is 0 Å². The molecule has 1 aromatic carbocycles. The van der Waals surface area contributed by atoms with Gasteiger partial charge in [-0.1, -0.05) is 20.8 Å². The molecule has 1 aromatic heterocycles. The van der Waals surface area contributed by atoms with E-state index in [2.05, 4.69) is 10.3 Å². The molecule has 1 N–H and O–H groups in total. The van der Waals surface area contributed by atoms with Crippen molar-refractivity contribution in [2.75, 3.05) is 16.8 Å². The van der Waals surface area contributed by atoms with Gasteiger partial charge in [0.15, 0.2) is 0 Å². The van der Waals surface area contributed by atoms with Crippen LogP contribution >= 0.6 is 0 Å². The predicted molar refractivity (Wildman–Crippen MR) is 107 cm³/mol. The standard InChI is InChI=1S/C21H27F3N4O/c1-13-8-15(9-14(2)18(13)26-17(29)10-20(3,4)5)27-6-7-28-16(12-27)11-25-19(28)21(22,23)24/h8-9,11H,6-7,10,12H2,1-5H3,(H,26,29). The molecule has 0 atom stereocenters. The molecular formula is C21H27F3N4O. The van der Waals surface area contributed by atoms with Crippen LogP contribution in [0.15, 0.2) is 18.3 Å². The average Bonchev–Trinajstić information content (AvgIpc) is 2.99. The highest BCUT2D eigenvalue weighted by Gasteiger charge is 2.38. The Kier molecular flexibility index (Phi) is 5.40. The van der Waals surface area contributed by atoms with Crippen LogP contribution in [-0.4, -0.2) is 22.0 Å². The third-order valence-corrected chi connectivity index (χ3v) is 4.98. The number of anilines is 2. The van der Waals surface area contributed by atoms with Crippen molar-refractivity contribution < 1.29 is 18.0 Å². The Bertz CT molecular complexity index is 902. The lowest BCUT2D eigenvalue weighted by molar-refractivity contribution is -0.147. The van der Waals surface area contributed by atoms with Crippen LogP contribution in [0.1, 0.15) is 49.8 Å². The van der Waals surface area contributed by atoms with Gasteiger partial charge in [-0.05, 0) is 42.5 Å². The molecule has 0 unspecified atom stereocenters. The lowest BCUT2D eigenvalue weighted by Gasteiger charge is -2.32. The molecule has 5 nitrogen and oxygen atoms in total. The summed E-state index contributed by atoms with van der Waals surface area (Å²) in [6, 6.07) is 3.94. The van der Waals surface area contributed by atoms with Crippen LogP contribution in [0.2, 0.25) is 0 Å². The van der Waals surface area contributed by atoms with E-state index in [9.17, 15) is 18.0 Å². The number of fused-ring (bicyclic) bond motifs is 1. The minimum atomic E-state index is -4.44. The van der Waals surface area contributed by atoms with Gasteiger partial charge in [-0.25, -0.2) is 4.98 Å². The Balaban J connectivity index is 1.79. The van der Waals surface area contributed by atoms with Crippen LogP contribution in [0.3, 0.4) is 0 Å². The third-order valence-electron chi connectivity index (χ3n) is 4.98. The number of rotatable bonds is 3. The van der Waals surface area contributed by atoms with E-state index in [4.69, 9.17) is 0 Å². The summed E-state index contributed by atoms with van der Waals surface area (Å²) in [6.07, 6.45) is -2.72. The molecule has 0 saturated heterocycles. The van der Waals surface area contributed by atoms with Gasteiger partial charge in [-0.2, -0.15) is 13.2 Å². The van der Waals surface area contributed by atoms with E-state index in [1.165, 1.54) is 10.8 Å². The molecule has 0 radical (unpaired) electrons. The van der Waals surface area contributed by atoms with Gasteiger partial charge in [0.05, 0.1) is 18.4 Å². The lowest BCUT2D eigenvalue weighted by atomic mass is 9.92. The zero-order valence-corrected chi connectivity index (χ0v) is 17.4. The van der Waals surface area contributed by atoms with Crippen molar-refractivity contribution in [3.8, 4) is 0 Å². The summed E-state index contributed by atoms with van der Waals surface area (Å²) in [7, 11) is 0. The van der Waals surface area contributed by atoms with Gasteiger partial charge < -0.3 is 14.8 Å². The highest BCUT2D eigenvalue weighted by atomic mass is 19.4. The fraction of sp³-hybridized carbons (Fsp3) is 0.524. The summed E-state index contributed by atoms with van der Waals surface area (Å²) >= 11 is 0. The van der Waals surface area contributed by atoms with Gasteiger partial charge in [-0.3, -0.25) is 4.79 Å². The summed E-state index contributed by atoms with van der Waals surface area (Å²) < 4.78 is 40.4. The number of nitrogens with one attached hydrogen (secondary N) is 1. The van der Waals surface area contributed by atoms with E-state index in [1.54, 1.807) is 0 Å². The van der Waals surface area contributed by atoms with E-state index in [1.807, 2.05) is 51.7 Å². The monoisotopic (exact) mass is 408 g/mol. The molecule has 1 aliphatic rings. The van der Waals surface area contributed by atoms with Crippen molar-refractivity contribution in [1.82, 2.24) is 9.55 Å². The van der Waals surface area contributed by atoms with Gasteiger partial charge >= 0.3 is 6.18 Å². The Morgan fingerprint density at radius 2 is 1.76 bits per heavy atom. The number of aromatic nitrogens is 2. The number of hydrogen-bond donors (Lipinski definition) is 1. The molecule has 1 aliphatic heterocycles. The quantitative estimate of drug-likeness (QED) is 0.785. The van der Waals surface area contributed by atoms with Crippen molar-refractivity contribution in [3.05, 3.63) is 41.0 Å². The minimum absolute atomic E-state index is 0.0296. The number of imidazole rings is 1. The Morgan fingerprint density at radius 3 is 2.31 bits per heavy atom. The number of hydrogen-bond acceptors (Lipinski definition) is 3. The fourth-order valence-corrected chi connectivity index (χ4v) is 3.71. The van der Waals surface area contributed by atoms with Crippen LogP contribution in [-0.2, 0) is 24.1 Å². The number of amides is 1. The van der Waals surface area contributed by atoms with E-state index in [0.717, 1.165) is 22.5 Å². The first kappa shape index (κ1) is 21.2. The van der Waals surface area contributed by atoms with Crippen molar-refractivity contribution in [1.29, 1.82) is 0 Å². The molecule has 0 fully saturated rings. The predicted octanol–water partition coefficient (Wildman–Crippen LogP) is 4.91. The zero-order chi connectivity index (χ0) is 21.6. The molecule has 0 aliphatic carbocycles. The average molecular weight is 408 g/mol. The Hall–Kier alpha value is -2.51. The Morgan fingerprint density at radius 1 is 1.14 bits per heavy atom. The summed E-state index contributed by atoms with van der Waals surface area (Å²) in [6.45, 7) is 10.9. The van der Waals surface area contributed by atoms with Crippen molar-refractivity contribution in [2.24, 2.45) is 5.41 Å². The second kappa shape index (κ2) is 7.39. The number of aryl methyl sites for hydroxylation is 2. The normalized spacial score (nSPS) is 14.7. The number of benzene rings is 1. The van der Waals surface area contributed by atoms with Crippen LogP contribution < -0.4 is 10.2 Å². The molecule has 3 rings (SSSR count). The van der Waals surface area contributed by atoms with Crippen LogP contribution in [0, 0.1) is 19.3 Å². The highest BCUT2D eigenvalue weighted by Crippen LogP contribution is 2.33. The molecule has 1 amide bonds.